The van der Waals surface area contributed by atoms with E-state index in [9.17, 15) is 0 Å². The zero-order valence-electron chi connectivity index (χ0n) is 11.6. The van der Waals surface area contributed by atoms with Gasteiger partial charge in [-0.15, -0.1) is 0 Å². The first-order valence-corrected chi connectivity index (χ1v) is 7.32. The molecule has 18 heavy (non-hydrogen) atoms. The minimum Gasteiger partial charge on any atom is -0.356 e. The van der Waals surface area contributed by atoms with Gasteiger partial charge in [-0.2, -0.15) is 11.8 Å². The van der Waals surface area contributed by atoms with Gasteiger partial charge in [0.15, 0.2) is 5.96 Å². The first-order valence-electron chi connectivity index (χ1n) is 6.17. The first kappa shape index (κ1) is 14.9. The molecule has 0 atom stereocenters. The van der Waals surface area contributed by atoms with E-state index < -0.39 is 0 Å². The maximum Gasteiger partial charge on any atom is 0.191 e. The summed E-state index contributed by atoms with van der Waals surface area (Å²) in [7, 11) is 1.79. The Morgan fingerprint density at radius 2 is 2.33 bits per heavy atom. The number of nitrogens with zero attached hydrogens (tertiary/aromatic N) is 2. The number of aromatic nitrogens is 2. The van der Waals surface area contributed by atoms with Gasteiger partial charge in [0, 0.05) is 36.8 Å². The summed E-state index contributed by atoms with van der Waals surface area (Å²) in [6, 6.07) is 0.399. The molecule has 0 fully saturated rings. The summed E-state index contributed by atoms with van der Waals surface area (Å²) in [5, 5.41) is 6.54. The molecule has 102 valence electrons. The summed E-state index contributed by atoms with van der Waals surface area (Å²) in [4.78, 5) is 11.5. The lowest BCUT2D eigenvalue weighted by molar-refractivity contribution is 0.706. The van der Waals surface area contributed by atoms with Gasteiger partial charge in [-0.3, -0.25) is 4.99 Å². The standard InChI is InChI=1S/C12H23N5S/c1-9(2)17-12(13-4)14-5-6-18-7-11-10(3)15-8-16-11/h8-9H,5-7H2,1-4H3,(H,15,16)(H2,13,14,17). The van der Waals surface area contributed by atoms with E-state index in [1.54, 1.807) is 13.4 Å². The van der Waals surface area contributed by atoms with Crippen LogP contribution in [-0.4, -0.2) is 41.3 Å². The summed E-state index contributed by atoms with van der Waals surface area (Å²) >= 11 is 1.87. The van der Waals surface area contributed by atoms with Crippen LogP contribution in [0.15, 0.2) is 11.3 Å². The number of hydrogen-bond acceptors (Lipinski definition) is 3. The summed E-state index contributed by atoms with van der Waals surface area (Å²) < 4.78 is 0. The maximum atomic E-state index is 4.27. The fraction of sp³-hybridized carbons (Fsp3) is 0.667. The van der Waals surface area contributed by atoms with Crippen molar-refractivity contribution in [2.45, 2.75) is 32.6 Å². The zero-order valence-corrected chi connectivity index (χ0v) is 12.4. The number of nitrogens with one attached hydrogen (secondary N) is 3. The third kappa shape index (κ3) is 5.44. The molecule has 0 unspecified atom stereocenters. The molecule has 3 N–H and O–H groups in total. The third-order valence-electron chi connectivity index (χ3n) is 2.36. The number of guanidine groups is 1. The highest BCUT2D eigenvalue weighted by Gasteiger charge is 2.01. The monoisotopic (exact) mass is 269 g/mol. The molecular weight excluding hydrogens is 246 g/mol. The van der Waals surface area contributed by atoms with Gasteiger partial charge in [0.1, 0.15) is 0 Å². The van der Waals surface area contributed by atoms with Crippen LogP contribution in [0.2, 0.25) is 0 Å². The number of aromatic amines is 1. The topological polar surface area (TPSA) is 65.1 Å². The van der Waals surface area contributed by atoms with Crippen LogP contribution < -0.4 is 10.6 Å². The van der Waals surface area contributed by atoms with Crippen molar-refractivity contribution >= 4 is 17.7 Å². The number of thioether (sulfide) groups is 1. The van der Waals surface area contributed by atoms with Gasteiger partial charge in [-0.1, -0.05) is 0 Å². The average Bonchev–Trinajstić information content (AvgIpc) is 2.72. The van der Waals surface area contributed by atoms with E-state index in [0.717, 1.165) is 35.4 Å². The van der Waals surface area contributed by atoms with E-state index in [0.29, 0.717) is 6.04 Å². The zero-order chi connectivity index (χ0) is 13.4. The summed E-state index contributed by atoms with van der Waals surface area (Å²) in [6.07, 6.45) is 1.75. The Bertz CT molecular complexity index is 372. The Hall–Kier alpha value is -1.17. The number of hydrogen-bond donors (Lipinski definition) is 3. The van der Waals surface area contributed by atoms with Crippen LogP contribution >= 0.6 is 11.8 Å². The largest absolute Gasteiger partial charge is 0.356 e. The van der Waals surface area contributed by atoms with E-state index in [2.05, 4.69) is 46.4 Å². The van der Waals surface area contributed by atoms with E-state index in [1.165, 1.54) is 0 Å². The molecule has 6 heteroatoms. The second-order valence-corrected chi connectivity index (χ2v) is 5.43. The highest BCUT2D eigenvalue weighted by atomic mass is 32.2. The van der Waals surface area contributed by atoms with Gasteiger partial charge in [-0.25, -0.2) is 4.98 Å². The lowest BCUT2D eigenvalue weighted by atomic mass is 10.4. The normalized spacial score (nSPS) is 11.9. The van der Waals surface area contributed by atoms with Crippen LogP contribution in [0.3, 0.4) is 0 Å². The Morgan fingerprint density at radius 3 is 2.89 bits per heavy atom. The molecule has 0 aliphatic rings. The number of rotatable bonds is 6. The number of aliphatic imine (C=N–C) groups is 1. The molecular formula is C12H23N5S. The second-order valence-electron chi connectivity index (χ2n) is 4.32. The van der Waals surface area contributed by atoms with Crippen molar-refractivity contribution in [2.75, 3.05) is 19.3 Å². The van der Waals surface area contributed by atoms with Crippen LogP contribution in [0.1, 0.15) is 25.2 Å². The van der Waals surface area contributed by atoms with Gasteiger partial charge in [-0.05, 0) is 20.8 Å². The highest BCUT2D eigenvalue weighted by molar-refractivity contribution is 7.98. The van der Waals surface area contributed by atoms with Crippen molar-refractivity contribution in [3.8, 4) is 0 Å². The molecule has 0 aliphatic carbocycles. The van der Waals surface area contributed by atoms with Crippen molar-refractivity contribution in [3.63, 3.8) is 0 Å². The smallest absolute Gasteiger partial charge is 0.191 e. The van der Waals surface area contributed by atoms with Gasteiger partial charge in [0.05, 0.1) is 12.0 Å². The summed E-state index contributed by atoms with van der Waals surface area (Å²) in [5.74, 6) is 2.85. The Labute approximate surface area is 113 Å². The molecule has 1 aromatic heterocycles. The van der Waals surface area contributed by atoms with Gasteiger partial charge in [0.2, 0.25) is 0 Å². The Kier molecular flexibility index (Phi) is 6.64. The van der Waals surface area contributed by atoms with Gasteiger partial charge in [0.25, 0.3) is 0 Å². The quantitative estimate of drug-likeness (QED) is 0.416. The van der Waals surface area contributed by atoms with Crippen LogP contribution in [0, 0.1) is 6.92 Å². The van der Waals surface area contributed by atoms with Gasteiger partial charge >= 0.3 is 0 Å². The number of H-pyrrole nitrogens is 1. The molecule has 0 aromatic carbocycles. The Morgan fingerprint density at radius 1 is 1.56 bits per heavy atom. The predicted octanol–water partition coefficient (Wildman–Crippen LogP) is 1.52. The summed E-state index contributed by atoms with van der Waals surface area (Å²) in [6.45, 7) is 7.15. The van der Waals surface area contributed by atoms with Crippen molar-refractivity contribution in [1.82, 2.24) is 20.6 Å². The minimum atomic E-state index is 0.399. The number of aryl methyl sites for hydroxylation is 1. The molecule has 0 radical (unpaired) electrons. The van der Waals surface area contributed by atoms with Crippen molar-refractivity contribution in [1.29, 1.82) is 0 Å². The average molecular weight is 269 g/mol. The number of imidazole rings is 1. The van der Waals surface area contributed by atoms with E-state index in [1.807, 2.05) is 11.8 Å². The van der Waals surface area contributed by atoms with Gasteiger partial charge < -0.3 is 15.6 Å². The molecule has 0 spiro atoms. The maximum absolute atomic E-state index is 4.27. The molecule has 0 bridgehead atoms. The van der Waals surface area contributed by atoms with E-state index in [4.69, 9.17) is 0 Å². The van der Waals surface area contributed by atoms with Crippen molar-refractivity contribution < 1.29 is 0 Å². The molecule has 1 aromatic rings. The summed E-state index contributed by atoms with van der Waals surface area (Å²) in [5.41, 5.74) is 2.30. The van der Waals surface area contributed by atoms with Crippen LogP contribution in [0.25, 0.3) is 0 Å². The highest BCUT2D eigenvalue weighted by Crippen LogP contribution is 2.11. The second kappa shape index (κ2) is 8.02. The van der Waals surface area contributed by atoms with E-state index >= 15 is 0 Å². The molecule has 0 amide bonds. The molecule has 5 nitrogen and oxygen atoms in total. The fourth-order valence-corrected chi connectivity index (χ4v) is 2.29. The molecule has 0 aliphatic heterocycles. The van der Waals surface area contributed by atoms with Crippen molar-refractivity contribution in [2.24, 2.45) is 4.99 Å². The lowest BCUT2D eigenvalue weighted by Crippen LogP contribution is -2.41. The fourth-order valence-electron chi connectivity index (χ4n) is 1.41. The predicted molar refractivity (Wildman–Crippen MR) is 79.1 cm³/mol. The molecule has 0 saturated carbocycles. The van der Waals surface area contributed by atoms with Crippen LogP contribution in [-0.2, 0) is 5.75 Å². The lowest BCUT2D eigenvalue weighted by Gasteiger charge is -2.14. The van der Waals surface area contributed by atoms with Crippen LogP contribution in [0.4, 0.5) is 0 Å². The SMILES string of the molecule is CN=C(NCCSCc1nc[nH]c1C)NC(C)C. The molecule has 1 heterocycles. The van der Waals surface area contributed by atoms with Crippen molar-refractivity contribution in [3.05, 3.63) is 17.7 Å². The molecule has 1 rings (SSSR count). The Balaban J connectivity index is 2.13. The minimum absolute atomic E-state index is 0.399. The van der Waals surface area contributed by atoms with Crippen LogP contribution in [0.5, 0.6) is 0 Å². The van der Waals surface area contributed by atoms with E-state index in [-0.39, 0.29) is 0 Å². The third-order valence-corrected chi connectivity index (χ3v) is 3.33. The molecule has 0 saturated heterocycles. The first-order chi connectivity index (χ1) is 8.63.